The van der Waals surface area contributed by atoms with E-state index < -0.39 is 0 Å². The van der Waals surface area contributed by atoms with Crippen molar-refractivity contribution in [1.29, 1.82) is 0 Å². The van der Waals surface area contributed by atoms with Crippen LogP contribution in [-0.4, -0.2) is 11.9 Å². The van der Waals surface area contributed by atoms with Crippen LogP contribution >= 0.6 is 0 Å². The van der Waals surface area contributed by atoms with E-state index in [1.165, 1.54) is 19.3 Å². The van der Waals surface area contributed by atoms with E-state index in [4.69, 9.17) is 9.47 Å². The fourth-order valence-electron chi connectivity index (χ4n) is 3.08. The molecule has 0 aromatic heterocycles. The van der Waals surface area contributed by atoms with Crippen molar-refractivity contribution in [3.63, 3.8) is 0 Å². The summed E-state index contributed by atoms with van der Waals surface area (Å²) in [6.45, 7) is 18.3. The van der Waals surface area contributed by atoms with Gasteiger partial charge in [0.2, 0.25) is 0 Å². The van der Waals surface area contributed by atoms with E-state index in [0.717, 1.165) is 44.1 Å². The van der Waals surface area contributed by atoms with Crippen LogP contribution in [0.4, 0.5) is 0 Å². The van der Waals surface area contributed by atoms with Gasteiger partial charge in [-0.2, -0.15) is 0 Å². The second-order valence-electron chi connectivity index (χ2n) is 8.18. The van der Waals surface area contributed by atoms with Crippen LogP contribution in [0.1, 0.15) is 119 Å². The molecule has 1 aromatic rings. The summed E-state index contributed by atoms with van der Waals surface area (Å²) >= 11 is 0. The molecule has 0 aliphatic heterocycles. The van der Waals surface area contributed by atoms with Crippen LogP contribution in [0.25, 0.3) is 0 Å². The standard InChI is InChI=1S/C23H36O4.C3H8.C2H6/c1-6-9-10-11-13-18(5)22(24)26-20-14-17(4)15-21(16-20)27-23(25)19(8-3)12-7-2;1-3-2;1-2/h14-16,18-19H,6-13H2,1-5H3;3H2,1-2H3;1-2H3. The van der Waals surface area contributed by atoms with Crippen molar-refractivity contribution in [2.75, 3.05) is 0 Å². The van der Waals surface area contributed by atoms with Crippen LogP contribution in [0.3, 0.4) is 0 Å². The number of aryl methyl sites for hydroxylation is 1. The summed E-state index contributed by atoms with van der Waals surface area (Å²) < 4.78 is 11.1. The number of carbonyl (C=O) groups excluding carboxylic acids is 2. The molecule has 1 aromatic carbocycles. The molecule has 4 nitrogen and oxygen atoms in total. The Morgan fingerprint density at radius 2 is 1.31 bits per heavy atom. The lowest BCUT2D eigenvalue weighted by Gasteiger charge is -2.15. The van der Waals surface area contributed by atoms with Crippen molar-refractivity contribution in [2.45, 2.75) is 120 Å². The van der Waals surface area contributed by atoms with Crippen molar-refractivity contribution in [3.8, 4) is 11.5 Å². The Morgan fingerprint density at radius 3 is 1.78 bits per heavy atom. The minimum Gasteiger partial charge on any atom is -0.426 e. The van der Waals surface area contributed by atoms with E-state index in [1.807, 2.05) is 34.6 Å². The maximum Gasteiger partial charge on any atom is 0.314 e. The second-order valence-corrected chi connectivity index (χ2v) is 8.18. The summed E-state index contributed by atoms with van der Waals surface area (Å²) in [5, 5.41) is 0. The summed E-state index contributed by atoms with van der Waals surface area (Å²) in [5.41, 5.74) is 0.891. The fourth-order valence-corrected chi connectivity index (χ4v) is 3.08. The Kier molecular flexibility index (Phi) is 21.3. The third kappa shape index (κ3) is 15.0. The van der Waals surface area contributed by atoms with Crippen LogP contribution in [-0.2, 0) is 9.59 Å². The number of esters is 2. The minimum absolute atomic E-state index is 0.0929. The number of ether oxygens (including phenoxy) is 2. The van der Waals surface area contributed by atoms with Crippen LogP contribution < -0.4 is 9.47 Å². The highest BCUT2D eigenvalue weighted by molar-refractivity contribution is 5.76. The van der Waals surface area contributed by atoms with E-state index in [2.05, 4.69) is 27.7 Å². The molecule has 0 aliphatic rings. The largest absolute Gasteiger partial charge is 0.426 e. The van der Waals surface area contributed by atoms with Gasteiger partial charge in [-0.25, -0.2) is 0 Å². The molecule has 2 atom stereocenters. The Balaban J connectivity index is 0. The molecule has 1 rings (SSSR count). The SMILES string of the molecule is CC.CCC.CCCCCCC(C)C(=O)Oc1cc(C)cc(OC(=O)C(CC)CCC)c1. The molecule has 4 heteroatoms. The zero-order valence-electron chi connectivity index (χ0n) is 22.4. The van der Waals surface area contributed by atoms with Crippen molar-refractivity contribution in [1.82, 2.24) is 0 Å². The normalized spacial score (nSPS) is 11.8. The average molecular weight is 451 g/mol. The van der Waals surface area contributed by atoms with Crippen molar-refractivity contribution in [3.05, 3.63) is 23.8 Å². The summed E-state index contributed by atoms with van der Waals surface area (Å²) in [6.07, 6.45) is 9.17. The van der Waals surface area contributed by atoms with E-state index >= 15 is 0 Å². The monoisotopic (exact) mass is 450 g/mol. The number of rotatable bonds is 12. The quantitative estimate of drug-likeness (QED) is 0.181. The molecule has 32 heavy (non-hydrogen) atoms. The first kappa shape index (κ1) is 32.3. The molecule has 186 valence electrons. The van der Waals surface area contributed by atoms with E-state index in [1.54, 1.807) is 18.2 Å². The van der Waals surface area contributed by atoms with Gasteiger partial charge < -0.3 is 9.47 Å². The molecule has 2 unspecified atom stereocenters. The highest BCUT2D eigenvalue weighted by atomic mass is 16.5. The molecule has 0 aliphatic carbocycles. The Hall–Kier alpha value is -1.84. The smallest absolute Gasteiger partial charge is 0.314 e. The molecular formula is C28H50O4. The fraction of sp³-hybridized carbons (Fsp3) is 0.714. The van der Waals surface area contributed by atoms with Gasteiger partial charge >= 0.3 is 11.9 Å². The molecule has 0 fully saturated rings. The summed E-state index contributed by atoms with van der Waals surface area (Å²) in [6, 6.07) is 5.22. The maximum atomic E-state index is 12.3. The highest BCUT2D eigenvalue weighted by Crippen LogP contribution is 2.25. The average Bonchev–Trinajstić information content (AvgIpc) is 2.76. The number of hydrogen-bond acceptors (Lipinski definition) is 4. The summed E-state index contributed by atoms with van der Waals surface area (Å²) in [4.78, 5) is 24.7. The second kappa shape index (κ2) is 21.0. The highest BCUT2D eigenvalue weighted by Gasteiger charge is 2.19. The molecule has 0 spiro atoms. The van der Waals surface area contributed by atoms with Gasteiger partial charge in [-0.15, -0.1) is 0 Å². The molecule has 0 radical (unpaired) electrons. The number of benzene rings is 1. The number of carbonyl (C=O) groups is 2. The molecule has 0 heterocycles. The van der Waals surface area contributed by atoms with E-state index in [9.17, 15) is 9.59 Å². The third-order valence-corrected chi connectivity index (χ3v) is 4.82. The van der Waals surface area contributed by atoms with Gasteiger partial charge in [0.05, 0.1) is 11.8 Å². The van der Waals surface area contributed by atoms with Crippen molar-refractivity contribution < 1.29 is 19.1 Å². The zero-order valence-corrected chi connectivity index (χ0v) is 22.4. The molecule has 0 bridgehead atoms. The summed E-state index contributed by atoms with van der Waals surface area (Å²) in [7, 11) is 0. The number of unbranched alkanes of at least 4 members (excludes halogenated alkanes) is 3. The Labute approximate surface area is 198 Å². The lowest BCUT2D eigenvalue weighted by Crippen LogP contribution is -2.20. The number of hydrogen-bond donors (Lipinski definition) is 0. The predicted molar refractivity (Wildman–Crippen MR) is 136 cm³/mol. The van der Waals surface area contributed by atoms with Gasteiger partial charge in [0, 0.05) is 6.07 Å². The molecule has 0 N–H and O–H groups in total. The van der Waals surface area contributed by atoms with Crippen LogP contribution in [0.2, 0.25) is 0 Å². The third-order valence-electron chi connectivity index (χ3n) is 4.82. The van der Waals surface area contributed by atoms with Gasteiger partial charge in [0.1, 0.15) is 11.5 Å². The zero-order chi connectivity index (χ0) is 24.9. The first-order chi connectivity index (χ1) is 15.3. The Bertz CT molecular complexity index is 609. The van der Waals surface area contributed by atoms with Crippen LogP contribution in [0.15, 0.2) is 18.2 Å². The molecule has 0 saturated carbocycles. The van der Waals surface area contributed by atoms with E-state index in [0.29, 0.717) is 11.5 Å². The van der Waals surface area contributed by atoms with Crippen molar-refractivity contribution >= 4 is 11.9 Å². The minimum atomic E-state index is -0.230. The summed E-state index contributed by atoms with van der Waals surface area (Å²) in [5.74, 6) is 0.199. The lowest BCUT2D eigenvalue weighted by molar-refractivity contribution is -0.139. The molecular weight excluding hydrogens is 400 g/mol. The Morgan fingerprint density at radius 1 is 0.781 bits per heavy atom. The van der Waals surface area contributed by atoms with Gasteiger partial charge in [0.25, 0.3) is 0 Å². The molecule has 0 saturated heterocycles. The van der Waals surface area contributed by atoms with E-state index in [-0.39, 0.29) is 23.8 Å². The first-order valence-electron chi connectivity index (χ1n) is 12.9. The predicted octanol–water partition coefficient (Wildman–Crippen LogP) is 8.68. The van der Waals surface area contributed by atoms with Gasteiger partial charge in [0.15, 0.2) is 0 Å². The van der Waals surface area contributed by atoms with Gasteiger partial charge in [-0.05, 0) is 43.9 Å². The van der Waals surface area contributed by atoms with Crippen LogP contribution in [0.5, 0.6) is 11.5 Å². The topological polar surface area (TPSA) is 52.6 Å². The maximum absolute atomic E-state index is 12.3. The van der Waals surface area contributed by atoms with Crippen molar-refractivity contribution in [2.24, 2.45) is 11.8 Å². The molecule has 0 amide bonds. The first-order valence-corrected chi connectivity index (χ1v) is 12.9. The van der Waals surface area contributed by atoms with Gasteiger partial charge in [-0.1, -0.05) is 93.9 Å². The van der Waals surface area contributed by atoms with Gasteiger partial charge in [-0.3, -0.25) is 9.59 Å². The van der Waals surface area contributed by atoms with Crippen LogP contribution in [0, 0.1) is 18.8 Å². The lowest BCUT2D eigenvalue weighted by atomic mass is 10.0.